The van der Waals surface area contributed by atoms with Crippen molar-refractivity contribution in [3.8, 4) is 0 Å². The second-order valence-corrected chi connectivity index (χ2v) is 4.34. The Morgan fingerprint density at radius 3 is 3.00 bits per heavy atom. The number of nitrogens with one attached hydrogen (secondary N) is 2. The van der Waals surface area contributed by atoms with Gasteiger partial charge in [-0.05, 0) is 19.4 Å². The summed E-state index contributed by atoms with van der Waals surface area (Å²) in [5.74, 6) is 0. The van der Waals surface area contributed by atoms with Gasteiger partial charge in [-0.25, -0.2) is 4.79 Å². The van der Waals surface area contributed by atoms with Gasteiger partial charge >= 0.3 is 5.69 Å². The van der Waals surface area contributed by atoms with E-state index in [1.165, 1.54) is 12.8 Å². The molecule has 2 N–H and O–H groups in total. The van der Waals surface area contributed by atoms with Crippen LogP contribution in [0.25, 0.3) is 0 Å². The fourth-order valence-electron chi connectivity index (χ4n) is 2.67. The summed E-state index contributed by atoms with van der Waals surface area (Å²) in [6.45, 7) is 1.76. The molecule has 80 valence electrons. The second kappa shape index (κ2) is 3.06. The Morgan fingerprint density at radius 1 is 1.27 bits per heavy atom. The lowest BCUT2D eigenvalue weighted by Crippen LogP contribution is -2.41. The lowest BCUT2D eigenvalue weighted by molar-refractivity contribution is 0.223. The average Bonchev–Trinajstić information content (AvgIpc) is 2.61. The third-order valence-corrected chi connectivity index (χ3v) is 3.43. The zero-order valence-corrected chi connectivity index (χ0v) is 8.38. The van der Waals surface area contributed by atoms with Gasteiger partial charge in [0.1, 0.15) is 0 Å². The molecule has 2 aliphatic heterocycles. The van der Waals surface area contributed by atoms with E-state index in [1.807, 2.05) is 0 Å². The van der Waals surface area contributed by atoms with Crippen molar-refractivity contribution in [2.75, 3.05) is 6.54 Å². The predicted molar refractivity (Wildman–Crippen MR) is 54.8 cm³/mol. The maximum Gasteiger partial charge on any atom is 0.325 e. The summed E-state index contributed by atoms with van der Waals surface area (Å²) in [7, 11) is 0. The first-order valence-electron chi connectivity index (χ1n) is 5.32. The summed E-state index contributed by atoms with van der Waals surface area (Å²) < 4.78 is 0. The first-order chi connectivity index (χ1) is 7.24. The van der Waals surface area contributed by atoms with Crippen molar-refractivity contribution >= 4 is 0 Å². The number of fused-ring (bicyclic) bond motifs is 2. The van der Waals surface area contributed by atoms with Gasteiger partial charge in [0.25, 0.3) is 5.56 Å². The summed E-state index contributed by atoms with van der Waals surface area (Å²) in [5, 5.41) is 0. The van der Waals surface area contributed by atoms with Gasteiger partial charge in [0.2, 0.25) is 0 Å². The largest absolute Gasteiger partial charge is 0.325 e. The minimum Gasteiger partial charge on any atom is -0.311 e. The fraction of sp³-hybridized carbons (Fsp3) is 0.600. The average molecular weight is 207 g/mol. The first-order valence-corrected chi connectivity index (χ1v) is 5.32. The number of aromatic amines is 2. The Labute approximate surface area is 86.1 Å². The van der Waals surface area contributed by atoms with E-state index in [0.717, 1.165) is 24.2 Å². The quantitative estimate of drug-likeness (QED) is 0.607. The zero-order chi connectivity index (χ0) is 10.4. The molecule has 0 aliphatic carbocycles. The van der Waals surface area contributed by atoms with Gasteiger partial charge in [-0.1, -0.05) is 0 Å². The zero-order valence-electron chi connectivity index (χ0n) is 8.38. The molecule has 3 rings (SSSR count). The first kappa shape index (κ1) is 8.91. The molecule has 0 bridgehead atoms. The number of hydrogen-bond acceptors (Lipinski definition) is 3. The molecule has 0 amide bonds. The van der Waals surface area contributed by atoms with Crippen LogP contribution >= 0.6 is 0 Å². The van der Waals surface area contributed by atoms with Crippen LogP contribution in [0.15, 0.2) is 9.59 Å². The van der Waals surface area contributed by atoms with E-state index in [4.69, 9.17) is 0 Å². The highest BCUT2D eigenvalue weighted by Gasteiger charge is 2.31. The maximum absolute atomic E-state index is 11.6. The van der Waals surface area contributed by atoms with Gasteiger partial charge < -0.3 is 4.98 Å². The van der Waals surface area contributed by atoms with Crippen LogP contribution in [-0.2, 0) is 13.0 Å². The number of rotatable bonds is 0. The molecular weight excluding hydrogens is 194 g/mol. The van der Waals surface area contributed by atoms with Crippen molar-refractivity contribution in [1.29, 1.82) is 0 Å². The summed E-state index contributed by atoms with van der Waals surface area (Å²) in [6, 6.07) is 0.523. The molecule has 1 fully saturated rings. The minimum absolute atomic E-state index is 0.223. The molecule has 0 radical (unpaired) electrons. The van der Waals surface area contributed by atoms with Crippen molar-refractivity contribution in [1.82, 2.24) is 14.9 Å². The highest BCUT2D eigenvalue weighted by atomic mass is 16.2. The van der Waals surface area contributed by atoms with Crippen LogP contribution in [0.2, 0.25) is 0 Å². The smallest absolute Gasteiger partial charge is 0.311 e. The van der Waals surface area contributed by atoms with E-state index in [9.17, 15) is 9.59 Å². The lowest BCUT2D eigenvalue weighted by Gasteiger charge is -2.29. The Morgan fingerprint density at radius 2 is 2.13 bits per heavy atom. The van der Waals surface area contributed by atoms with E-state index in [1.54, 1.807) is 0 Å². The number of hydrogen-bond donors (Lipinski definition) is 2. The van der Waals surface area contributed by atoms with Crippen molar-refractivity contribution in [3.63, 3.8) is 0 Å². The van der Waals surface area contributed by atoms with Gasteiger partial charge in [-0.3, -0.25) is 14.7 Å². The van der Waals surface area contributed by atoms with Crippen molar-refractivity contribution in [2.24, 2.45) is 0 Å². The molecule has 2 aliphatic rings. The molecule has 1 aromatic rings. The molecule has 0 saturated carbocycles. The third-order valence-electron chi connectivity index (χ3n) is 3.43. The van der Waals surface area contributed by atoms with E-state index < -0.39 is 0 Å². The Kier molecular flexibility index (Phi) is 1.82. The molecule has 15 heavy (non-hydrogen) atoms. The SMILES string of the molecule is O=c1[nH]c2c(c(=O)[nH]1)CN1CCCC1C2. The maximum atomic E-state index is 11.6. The fourth-order valence-corrected chi connectivity index (χ4v) is 2.67. The van der Waals surface area contributed by atoms with Crippen LogP contribution in [-0.4, -0.2) is 27.5 Å². The molecule has 0 aromatic carbocycles. The van der Waals surface area contributed by atoms with Crippen molar-refractivity contribution in [3.05, 3.63) is 32.1 Å². The molecule has 1 atom stereocenters. The number of nitrogens with zero attached hydrogens (tertiary/aromatic N) is 1. The van der Waals surface area contributed by atoms with E-state index in [2.05, 4.69) is 14.9 Å². The molecule has 0 spiro atoms. The number of H-pyrrole nitrogens is 2. The summed E-state index contributed by atoms with van der Waals surface area (Å²) >= 11 is 0. The van der Waals surface area contributed by atoms with Crippen LogP contribution in [0, 0.1) is 0 Å². The van der Waals surface area contributed by atoms with E-state index >= 15 is 0 Å². The van der Waals surface area contributed by atoms with E-state index in [-0.39, 0.29) is 11.2 Å². The van der Waals surface area contributed by atoms with Gasteiger partial charge in [0.05, 0.1) is 5.56 Å². The standard InChI is InChI=1S/C10H13N3O2/c14-9-7-5-13-3-1-2-6(13)4-8(7)11-10(15)12-9/h6H,1-5H2,(H2,11,12,14,15). The van der Waals surface area contributed by atoms with Crippen LogP contribution in [0.1, 0.15) is 24.1 Å². The summed E-state index contributed by atoms with van der Waals surface area (Å²) in [5.41, 5.74) is 0.976. The highest BCUT2D eigenvalue weighted by Crippen LogP contribution is 2.26. The molecule has 1 aromatic heterocycles. The van der Waals surface area contributed by atoms with Gasteiger partial charge in [0, 0.05) is 24.7 Å². The topological polar surface area (TPSA) is 69.0 Å². The minimum atomic E-state index is -0.384. The van der Waals surface area contributed by atoms with Gasteiger partial charge in [-0.2, -0.15) is 0 Å². The predicted octanol–water partition coefficient (Wildman–Crippen LogP) is -0.416. The molecule has 1 saturated heterocycles. The van der Waals surface area contributed by atoms with E-state index in [0.29, 0.717) is 12.6 Å². The second-order valence-electron chi connectivity index (χ2n) is 4.34. The van der Waals surface area contributed by atoms with Crippen LogP contribution < -0.4 is 11.2 Å². The van der Waals surface area contributed by atoms with Crippen LogP contribution in [0.5, 0.6) is 0 Å². The molecule has 1 unspecified atom stereocenters. The van der Waals surface area contributed by atoms with Crippen LogP contribution in [0.4, 0.5) is 0 Å². The summed E-state index contributed by atoms with van der Waals surface area (Å²) in [6.07, 6.45) is 3.18. The molecular formula is C10H13N3O2. The molecule has 5 nitrogen and oxygen atoms in total. The molecule has 5 heteroatoms. The van der Waals surface area contributed by atoms with Crippen molar-refractivity contribution in [2.45, 2.75) is 31.8 Å². The Hall–Kier alpha value is -1.36. The molecule has 3 heterocycles. The Balaban J connectivity index is 2.11. The third kappa shape index (κ3) is 1.34. The summed E-state index contributed by atoms with van der Waals surface area (Å²) in [4.78, 5) is 30.1. The highest BCUT2D eigenvalue weighted by molar-refractivity contribution is 5.21. The number of aromatic nitrogens is 2. The van der Waals surface area contributed by atoms with Crippen molar-refractivity contribution < 1.29 is 0 Å². The van der Waals surface area contributed by atoms with Gasteiger partial charge in [0.15, 0.2) is 0 Å². The Bertz CT molecular complexity index is 502. The normalized spacial score (nSPS) is 24.9. The monoisotopic (exact) mass is 207 g/mol. The van der Waals surface area contributed by atoms with Gasteiger partial charge in [-0.15, -0.1) is 0 Å². The van der Waals surface area contributed by atoms with Crippen LogP contribution in [0.3, 0.4) is 0 Å². The lowest BCUT2D eigenvalue weighted by atomic mass is 10.0.